The Morgan fingerprint density at radius 3 is 2.91 bits per heavy atom. The average Bonchev–Trinajstić information content (AvgIpc) is 3.33. The fourth-order valence-corrected chi connectivity index (χ4v) is 3.21. The van der Waals surface area contributed by atoms with Crippen molar-refractivity contribution >= 4 is 5.91 Å². The zero-order valence-corrected chi connectivity index (χ0v) is 13.6. The second kappa shape index (κ2) is 6.21. The highest BCUT2D eigenvalue weighted by Gasteiger charge is 2.43. The molecule has 0 bridgehead atoms. The van der Waals surface area contributed by atoms with Crippen LogP contribution >= 0.6 is 0 Å². The van der Waals surface area contributed by atoms with Crippen molar-refractivity contribution in [2.24, 2.45) is 5.92 Å². The smallest absolute Gasteiger partial charge is 0.235 e. The van der Waals surface area contributed by atoms with Gasteiger partial charge in [-0.2, -0.15) is 5.26 Å². The largest absolute Gasteiger partial charge is 0.493 e. The Labute approximate surface area is 137 Å². The molecule has 1 aliphatic heterocycles. The van der Waals surface area contributed by atoms with Crippen LogP contribution in [0.3, 0.4) is 0 Å². The summed E-state index contributed by atoms with van der Waals surface area (Å²) in [7, 11) is 0. The lowest BCUT2D eigenvalue weighted by Crippen LogP contribution is -2.50. The van der Waals surface area contributed by atoms with E-state index in [1.807, 2.05) is 25.1 Å². The van der Waals surface area contributed by atoms with Crippen molar-refractivity contribution in [3.63, 3.8) is 0 Å². The third kappa shape index (κ3) is 3.32. The normalized spacial score (nSPS) is 23.1. The SMILES string of the molecule is C[C@H](NCC(=O)N[C@@](C)(C#N)C1CC1)[C@@H]1COc2ccccc21. The van der Waals surface area contributed by atoms with Gasteiger partial charge in [-0.15, -0.1) is 0 Å². The molecule has 0 saturated heterocycles. The molecule has 5 heteroatoms. The van der Waals surface area contributed by atoms with E-state index in [-0.39, 0.29) is 24.4 Å². The van der Waals surface area contributed by atoms with Crippen LogP contribution in [0.2, 0.25) is 0 Å². The van der Waals surface area contributed by atoms with E-state index in [1.54, 1.807) is 0 Å². The van der Waals surface area contributed by atoms with Crippen molar-refractivity contribution in [3.05, 3.63) is 29.8 Å². The maximum atomic E-state index is 12.2. The molecule has 1 aliphatic carbocycles. The Balaban J connectivity index is 1.52. The molecule has 1 amide bonds. The number of para-hydroxylation sites is 1. The standard InChI is InChI=1S/C18H23N3O2/c1-12(15-10-23-16-6-4-3-5-14(15)16)20-9-17(22)21-18(2,11-19)13-7-8-13/h3-6,12-13,15,20H,7-10H2,1-2H3,(H,21,22)/t12-,15-,18-/m0/s1. The van der Waals surface area contributed by atoms with Crippen LogP contribution in [0.25, 0.3) is 0 Å². The summed E-state index contributed by atoms with van der Waals surface area (Å²) < 4.78 is 5.69. The molecule has 3 rings (SSSR count). The Morgan fingerprint density at radius 1 is 1.48 bits per heavy atom. The number of fused-ring (bicyclic) bond motifs is 1. The van der Waals surface area contributed by atoms with Crippen LogP contribution in [0, 0.1) is 17.2 Å². The molecule has 122 valence electrons. The maximum absolute atomic E-state index is 12.2. The summed E-state index contributed by atoms with van der Waals surface area (Å²) in [6.07, 6.45) is 2.04. The first-order valence-corrected chi connectivity index (χ1v) is 8.21. The van der Waals surface area contributed by atoms with Gasteiger partial charge in [0.2, 0.25) is 5.91 Å². The van der Waals surface area contributed by atoms with Crippen molar-refractivity contribution in [1.82, 2.24) is 10.6 Å². The molecule has 1 aromatic carbocycles. The summed E-state index contributed by atoms with van der Waals surface area (Å²) in [6.45, 7) is 4.72. The van der Waals surface area contributed by atoms with Gasteiger partial charge in [-0.3, -0.25) is 4.79 Å². The number of nitriles is 1. The number of rotatable bonds is 6. The molecule has 0 spiro atoms. The molecular weight excluding hydrogens is 290 g/mol. The van der Waals surface area contributed by atoms with Crippen molar-refractivity contribution in [3.8, 4) is 11.8 Å². The Hall–Kier alpha value is -2.06. The van der Waals surface area contributed by atoms with E-state index in [9.17, 15) is 10.1 Å². The third-order valence-corrected chi connectivity index (χ3v) is 4.95. The highest BCUT2D eigenvalue weighted by molar-refractivity contribution is 5.79. The number of ether oxygens (including phenoxy) is 1. The number of nitrogens with one attached hydrogen (secondary N) is 2. The van der Waals surface area contributed by atoms with Crippen LogP contribution in [0.15, 0.2) is 24.3 Å². The Morgan fingerprint density at radius 2 is 2.22 bits per heavy atom. The van der Waals surface area contributed by atoms with Gasteiger partial charge in [-0.05, 0) is 38.7 Å². The molecule has 0 aromatic heterocycles. The Kier molecular flexibility index (Phi) is 4.27. The van der Waals surface area contributed by atoms with Crippen LogP contribution in [0.5, 0.6) is 5.75 Å². The van der Waals surface area contributed by atoms with Gasteiger partial charge in [0.15, 0.2) is 0 Å². The summed E-state index contributed by atoms with van der Waals surface area (Å²) >= 11 is 0. The lowest BCUT2D eigenvalue weighted by atomic mass is 9.94. The highest BCUT2D eigenvalue weighted by Crippen LogP contribution is 2.39. The number of nitrogens with zero attached hydrogens (tertiary/aromatic N) is 1. The highest BCUT2D eigenvalue weighted by atomic mass is 16.5. The molecule has 2 aliphatic rings. The number of hydrogen-bond donors (Lipinski definition) is 2. The van der Waals surface area contributed by atoms with Crippen molar-refractivity contribution in [2.75, 3.05) is 13.2 Å². The van der Waals surface area contributed by atoms with Crippen molar-refractivity contribution in [2.45, 2.75) is 44.2 Å². The minimum Gasteiger partial charge on any atom is -0.493 e. The Bertz CT molecular complexity index is 635. The summed E-state index contributed by atoms with van der Waals surface area (Å²) in [5, 5.41) is 15.4. The van der Waals surface area contributed by atoms with E-state index in [1.165, 1.54) is 5.56 Å². The van der Waals surface area contributed by atoms with Gasteiger partial charge >= 0.3 is 0 Å². The van der Waals surface area contributed by atoms with Gasteiger partial charge in [0, 0.05) is 17.5 Å². The minimum atomic E-state index is -0.731. The summed E-state index contributed by atoms with van der Waals surface area (Å²) in [5.41, 5.74) is 0.457. The molecule has 1 aromatic rings. The van der Waals surface area contributed by atoms with Crippen molar-refractivity contribution in [1.29, 1.82) is 5.26 Å². The molecular formula is C18H23N3O2. The second-order valence-electron chi connectivity index (χ2n) is 6.76. The maximum Gasteiger partial charge on any atom is 0.235 e. The van der Waals surface area contributed by atoms with Gasteiger partial charge < -0.3 is 15.4 Å². The number of hydrogen-bond acceptors (Lipinski definition) is 4. The first-order valence-electron chi connectivity index (χ1n) is 8.21. The lowest BCUT2D eigenvalue weighted by Gasteiger charge is -2.24. The van der Waals surface area contributed by atoms with Crippen LogP contribution < -0.4 is 15.4 Å². The lowest BCUT2D eigenvalue weighted by molar-refractivity contribution is -0.121. The summed E-state index contributed by atoms with van der Waals surface area (Å²) in [5.74, 6) is 1.34. The third-order valence-electron chi connectivity index (χ3n) is 4.95. The molecule has 1 heterocycles. The van der Waals surface area contributed by atoms with Gasteiger partial charge in [0.1, 0.15) is 11.3 Å². The van der Waals surface area contributed by atoms with E-state index in [0.29, 0.717) is 12.5 Å². The molecule has 5 nitrogen and oxygen atoms in total. The van der Waals surface area contributed by atoms with E-state index in [2.05, 4.69) is 29.7 Å². The van der Waals surface area contributed by atoms with Crippen LogP contribution in [-0.2, 0) is 4.79 Å². The van der Waals surface area contributed by atoms with Crippen molar-refractivity contribution < 1.29 is 9.53 Å². The van der Waals surface area contributed by atoms with E-state index in [0.717, 1.165) is 18.6 Å². The van der Waals surface area contributed by atoms with Gasteiger partial charge in [-0.1, -0.05) is 18.2 Å². The fraction of sp³-hybridized carbons (Fsp3) is 0.556. The number of carbonyl (C=O) groups is 1. The average molecular weight is 313 g/mol. The van der Waals surface area contributed by atoms with Gasteiger partial charge in [-0.25, -0.2) is 0 Å². The van der Waals surface area contributed by atoms with E-state index >= 15 is 0 Å². The molecule has 3 atom stereocenters. The molecule has 0 unspecified atom stereocenters. The molecule has 1 fully saturated rings. The number of amides is 1. The number of benzene rings is 1. The van der Waals surface area contributed by atoms with Gasteiger partial charge in [0.25, 0.3) is 0 Å². The predicted molar refractivity (Wildman–Crippen MR) is 87.0 cm³/mol. The molecule has 0 radical (unpaired) electrons. The van der Waals surface area contributed by atoms with Crippen LogP contribution in [-0.4, -0.2) is 30.6 Å². The summed E-state index contributed by atoms with van der Waals surface area (Å²) in [6, 6.07) is 10.4. The van der Waals surface area contributed by atoms with Crippen LogP contribution in [0.1, 0.15) is 38.2 Å². The second-order valence-corrected chi connectivity index (χ2v) is 6.76. The number of carbonyl (C=O) groups excluding carboxylic acids is 1. The minimum absolute atomic E-state index is 0.124. The van der Waals surface area contributed by atoms with E-state index < -0.39 is 5.54 Å². The fourth-order valence-electron chi connectivity index (χ4n) is 3.21. The zero-order chi connectivity index (χ0) is 16.4. The first-order chi connectivity index (χ1) is 11.0. The topological polar surface area (TPSA) is 74.2 Å². The quantitative estimate of drug-likeness (QED) is 0.842. The van der Waals surface area contributed by atoms with Crippen LogP contribution in [0.4, 0.5) is 0 Å². The molecule has 2 N–H and O–H groups in total. The molecule has 1 saturated carbocycles. The molecule has 23 heavy (non-hydrogen) atoms. The monoisotopic (exact) mass is 313 g/mol. The first kappa shape index (κ1) is 15.8. The van der Waals surface area contributed by atoms with E-state index in [4.69, 9.17) is 4.74 Å². The van der Waals surface area contributed by atoms with Gasteiger partial charge in [0.05, 0.1) is 19.2 Å². The predicted octanol–water partition coefficient (Wildman–Crippen LogP) is 1.95. The summed E-state index contributed by atoms with van der Waals surface area (Å²) in [4.78, 5) is 12.2. The zero-order valence-electron chi connectivity index (χ0n) is 13.6.